The van der Waals surface area contributed by atoms with Crippen molar-refractivity contribution in [2.75, 3.05) is 6.54 Å². The molecule has 0 saturated heterocycles. The van der Waals surface area contributed by atoms with Gasteiger partial charge in [-0.25, -0.2) is 0 Å². The highest BCUT2D eigenvalue weighted by Crippen LogP contribution is 1.99. The molecule has 4 nitrogen and oxygen atoms in total. The first-order chi connectivity index (χ1) is 6.97. The maximum Gasteiger partial charge on any atom is 0.234 e. The van der Waals surface area contributed by atoms with Gasteiger partial charge in [0.05, 0.1) is 19.1 Å². The average Bonchev–Trinajstić information content (AvgIpc) is 2.53. The van der Waals surface area contributed by atoms with Gasteiger partial charge in [-0.05, 0) is 26.8 Å². The molecule has 1 aromatic rings. The van der Waals surface area contributed by atoms with E-state index in [0.29, 0.717) is 13.1 Å². The zero-order chi connectivity index (χ0) is 11.3. The SMILES string of the molecule is CC(C)(C)NC(=O)CNCc1ccoc1. The Hall–Kier alpha value is -1.29. The van der Waals surface area contributed by atoms with Gasteiger partial charge in [0.15, 0.2) is 0 Å². The Kier molecular flexibility index (Phi) is 3.91. The van der Waals surface area contributed by atoms with E-state index in [1.807, 2.05) is 26.8 Å². The molecule has 1 rings (SSSR count). The van der Waals surface area contributed by atoms with Gasteiger partial charge in [0.25, 0.3) is 0 Å². The summed E-state index contributed by atoms with van der Waals surface area (Å²) in [5.41, 5.74) is 0.868. The lowest BCUT2D eigenvalue weighted by molar-refractivity contribution is -0.121. The minimum atomic E-state index is -0.172. The average molecular weight is 210 g/mol. The van der Waals surface area contributed by atoms with Crippen LogP contribution in [0.5, 0.6) is 0 Å². The summed E-state index contributed by atoms with van der Waals surface area (Å²) in [6, 6.07) is 1.87. The normalized spacial score (nSPS) is 11.4. The molecule has 15 heavy (non-hydrogen) atoms. The monoisotopic (exact) mass is 210 g/mol. The molecule has 0 aliphatic rings. The van der Waals surface area contributed by atoms with Gasteiger partial charge < -0.3 is 15.1 Å². The second kappa shape index (κ2) is 4.98. The molecular weight excluding hydrogens is 192 g/mol. The summed E-state index contributed by atoms with van der Waals surface area (Å²) in [6.45, 7) is 6.85. The van der Waals surface area contributed by atoms with Crippen LogP contribution >= 0.6 is 0 Å². The zero-order valence-electron chi connectivity index (χ0n) is 9.46. The van der Waals surface area contributed by atoms with Crippen LogP contribution in [0.25, 0.3) is 0 Å². The van der Waals surface area contributed by atoms with Crippen LogP contribution in [0.2, 0.25) is 0 Å². The fraction of sp³-hybridized carbons (Fsp3) is 0.545. The molecular formula is C11H18N2O2. The Morgan fingerprint density at radius 3 is 2.73 bits per heavy atom. The highest BCUT2D eigenvalue weighted by molar-refractivity contribution is 5.78. The van der Waals surface area contributed by atoms with Crippen LogP contribution in [-0.4, -0.2) is 18.0 Å². The summed E-state index contributed by atoms with van der Waals surface area (Å²) >= 11 is 0. The van der Waals surface area contributed by atoms with Crippen LogP contribution < -0.4 is 10.6 Å². The Bertz CT molecular complexity index is 299. The van der Waals surface area contributed by atoms with E-state index in [9.17, 15) is 4.79 Å². The third kappa shape index (κ3) is 5.22. The van der Waals surface area contributed by atoms with Gasteiger partial charge in [-0.2, -0.15) is 0 Å². The molecule has 0 spiro atoms. The van der Waals surface area contributed by atoms with Crippen molar-refractivity contribution in [1.29, 1.82) is 0 Å². The molecule has 0 saturated carbocycles. The van der Waals surface area contributed by atoms with Crippen molar-refractivity contribution in [2.24, 2.45) is 0 Å². The van der Waals surface area contributed by atoms with Crippen molar-refractivity contribution in [2.45, 2.75) is 32.9 Å². The van der Waals surface area contributed by atoms with Crippen LogP contribution in [0.4, 0.5) is 0 Å². The molecule has 0 radical (unpaired) electrons. The van der Waals surface area contributed by atoms with Gasteiger partial charge in [0.1, 0.15) is 0 Å². The van der Waals surface area contributed by atoms with E-state index in [2.05, 4.69) is 10.6 Å². The number of carbonyl (C=O) groups excluding carboxylic acids is 1. The van der Waals surface area contributed by atoms with Crippen LogP contribution in [0.3, 0.4) is 0 Å². The first-order valence-electron chi connectivity index (χ1n) is 5.00. The summed E-state index contributed by atoms with van der Waals surface area (Å²) in [6.07, 6.45) is 3.28. The molecule has 0 aliphatic heterocycles. The Morgan fingerprint density at radius 1 is 1.47 bits per heavy atom. The minimum Gasteiger partial charge on any atom is -0.472 e. The molecule has 84 valence electrons. The van der Waals surface area contributed by atoms with Crippen molar-refractivity contribution in [3.05, 3.63) is 24.2 Å². The maximum absolute atomic E-state index is 11.4. The van der Waals surface area contributed by atoms with Crippen molar-refractivity contribution in [1.82, 2.24) is 10.6 Å². The number of hydrogen-bond acceptors (Lipinski definition) is 3. The van der Waals surface area contributed by atoms with Gasteiger partial charge in [0, 0.05) is 17.6 Å². The molecule has 0 bridgehead atoms. The molecule has 0 aromatic carbocycles. The van der Waals surface area contributed by atoms with Gasteiger partial charge in [-0.15, -0.1) is 0 Å². The second-order valence-electron chi connectivity index (χ2n) is 4.53. The molecule has 0 fully saturated rings. The number of furan rings is 1. The quantitative estimate of drug-likeness (QED) is 0.787. The number of hydrogen-bond donors (Lipinski definition) is 2. The predicted molar refractivity (Wildman–Crippen MR) is 58.3 cm³/mol. The summed E-state index contributed by atoms with van der Waals surface area (Å²) in [7, 11) is 0. The molecule has 2 N–H and O–H groups in total. The number of amides is 1. The highest BCUT2D eigenvalue weighted by atomic mass is 16.3. The fourth-order valence-corrected chi connectivity index (χ4v) is 1.18. The number of nitrogens with one attached hydrogen (secondary N) is 2. The number of carbonyl (C=O) groups is 1. The molecule has 0 atom stereocenters. The Morgan fingerprint density at radius 2 is 2.20 bits per heavy atom. The van der Waals surface area contributed by atoms with E-state index in [1.54, 1.807) is 12.5 Å². The lowest BCUT2D eigenvalue weighted by Gasteiger charge is -2.20. The van der Waals surface area contributed by atoms with E-state index in [-0.39, 0.29) is 11.4 Å². The highest BCUT2D eigenvalue weighted by Gasteiger charge is 2.12. The third-order valence-electron chi connectivity index (χ3n) is 1.71. The zero-order valence-corrected chi connectivity index (χ0v) is 9.46. The van der Waals surface area contributed by atoms with E-state index in [4.69, 9.17) is 4.42 Å². The number of rotatable bonds is 4. The minimum absolute atomic E-state index is 0.00555. The lowest BCUT2D eigenvalue weighted by Crippen LogP contribution is -2.44. The van der Waals surface area contributed by atoms with Crippen LogP contribution in [0, 0.1) is 0 Å². The van der Waals surface area contributed by atoms with Crippen molar-refractivity contribution < 1.29 is 9.21 Å². The van der Waals surface area contributed by atoms with E-state index in [1.165, 1.54) is 0 Å². The first-order valence-corrected chi connectivity index (χ1v) is 5.00. The molecule has 4 heteroatoms. The smallest absolute Gasteiger partial charge is 0.234 e. The predicted octanol–water partition coefficient (Wildman–Crippen LogP) is 1.28. The van der Waals surface area contributed by atoms with E-state index in [0.717, 1.165) is 5.56 Å². The molecule has 0 aliphatic carbocycles. The summed E-state index contributed by atoms with van der Waals surface area (Å²) in [5.74, 6) is 0.00555. The Labute approximate surface area is 90.0 Å². The van der Waals surface area contributed by atoms with Crippen LogP contribution in [0.1, 0.15) is 26.3 Å². The molecule has 0 unspecified atom stereocenters. The first kappa shape index (κ1) is 11.8. The van der Waals surface area contributed by atoms with Crippen molar-refractivity contribution >= 4 is 5.91 Å². The van der Waals surface area contributed by atoms with Crippen LogP contribution in [0.15, 0.2) is 23.0 Å². The van der Waals surface area contributed by atoms with E-state index >= 15 is 0 Å². The maximum atomic E-state index is 11.4. The summed E-state index contributed by atoms with van der Waals surface area (Å²) in [5, 5.41) is 5.91. The summed E-state index contributed by atoms with van der Waals surface area (Å²) < 4.78 is 4.91. The topological polar surface area (TPSA) is 54.3 Å². The molecule has 1 aromatic heterocycles. The summed E-state index contributed by atoms with van der Waals surface area (Å²) in [4.78, 5) is 11.4. The van der Waals surface area contributed by atoms with E-state index < -0.39 is 0 Å². The van der Waals surface area contributed by atoms with Gasteiger partial charge in [-0.3, -0.25) is 4.79 Å². The standard InChI is InChI=1S/C11H18N2O2/c1-11(2,3)13-10(14)7-12-6-9-4-5-15-8-9/h4-5,8,12H,6-7H2,1-3H3,(H,13,14). The molecule has 1 heterocycles. The molecule has 1 amide bonds. The van der Waals surface area contributed by atoms with Gasteiger partial charge >= 0.3 is 0 Å². The second-order valence-corrected chi connectivity index (χ2v) is 4.53. The lowest BCUT2D eigenvalue weighted by atomic mass is 10.1. The third-order valence-corrected chi connectivity index (χ3v) is 1.71. The van der Waals surface area contributed by atoms with Gasteiger partial charge in [0.2, 0.25) is 5.91 Å². The fourth-order valence-electron chi connectivity index (χ4n) is 1.18. The van der Waals surface area contributed by atoms with Crippen molar-refractivity contribution in [3.63, 3.8) is 0 Å². The van der Waals surface area contributed by atoms with Gasteiger partial charge in [-0.1, -0.05) is 0 Å². The van der Waals surface area contributed by atoms with Crippen LogP contribution in [-0.2, 0) is 11.3 Å². The van der Waals surface area contributed by atoms with Crippen molar-refractivity contribution in [3.8, 4) is 0 Å². The largest absolute Gasteiger partial charge is 0.472 e. The Balaban J connectivity index is 2.18.